The molecule has 28 heavy (non-hydrogen) atoms. The number of aromatic amines is 1. The smallest absolute Gasteiger partial charge is 0.166 e. The maximum Gasteiger partial charge on any atom is 0.166 e. The van der Waals surface area contributed by atoms with Crippen molar-refractivity contribution in [1.29, 1.82) is 0 Å². The molecule has 3 heterocycles. The van der Waals surface area contributed by atoms with Gasteiger partial charge >= 0.3 is 0 Å². The minimum atomic E-state index is 0.633. The van der Waals surface area contributed by atoms with E-state index >= 15 is 0 Å². The minimum absolute atomic E-state index is 0.633. The molecular weight excluding hydrogens is 374 g/mol. The van der Waals surface area contributed by atoms with E-state index in [0.717, 1.165) is 53.0 Å². The molecule has 0 spiro atoms. The summed E-state index contributed by atoms with van der Waals surface area (Å²) in [5.41, 5.74) is 5.17. The highest BCUT2D eigenvalue weighted by Crippen LogP contribution is 2.27. The van der Waals surface area contributed by atoms with Crippen LogP contribution in [0.1, 0.15) is 35.5 Å². The Kier molecular flexibility index (Phi) is 7.71. The van der Waals surface area contributed by atoms with E-state index in [2.05, 4.69) is 22.6 Å². The molecule has 3 rings (SSSR count). The molecule has 150 valence electrons. The first-order chi connectivity index (χ1) is 13.7. The van der Waals surface area contributed by atoms with Crippen molar-refractivity contribution in [2.45, 2.75) is 30.7 Å². The molecule has 0 amide bonds. The van der Waals surface area contributed by atoms with Gasteiger partial charge in [0.05, 0.1) is 36.9 Å². The fourth-order valence-electron chi connectivity index (χ4n) is 2.88. The molecule has 1 aliphatic rings. The number of methoxy groups -OCH3 is 1. The van der Waals surface area contributed by atoms with Gasteiger partial charge in [0.25, 0.3) is 0 Å². The maximum absolute atomic E-state index is 5.86. The molecule has 2 aromatic heterocycles. The van der Waals surface area contributed by atoms with Crippen LogP contribution in [0.4, 0.5) is 0 Å². The predicted octanol–water partition coefficient (Wildman–Crippen LogP) is 4.27. The Bertz CT molecular complexity index is 824. The van der Waals surface area contributed by atoms with Crippen LogP contribution in [0.5, 0.6) is 5.75 Å². The zero-order valence-corrected chi connectivity index (χ0v) is 17.3. The SMILES string of the molecule is C=Cc1[nH]c(SCc2nccc(OCCCOC)c2C)nc1/C=C1/CCOC1. The first-order valence-corrected chi connectivity index (χ1v) is 10.4. The lowest BCUT2D eigenvalue weighted by molar-refractivity contribution is 0.172. The van der Waals surface area contributed by atoms with Gasteiger partial charge in [-0.1, -0.05) is 18.3 Å². The molecule has 7 heteroatoms. The van der Waals surface area contributed by atoms with Gasteiger partial charge in [0.1, 0.15) is 5.75 Å². The number of nitrogens with one attached hydrogen (secondary N) is 1. The maximum atomic E-state index is 5.86. The molecule has 1 aliphatic heterocycles. The van der Waals surface area contributed by atoms with Crippen LogP contribution >= 0.6 is 11.8 Å². The van der Waals surface area contributed by atoms with E-state index < -0.39 is 0 Å². The number of pyridine rings is 1. The Labute approximate surface area is 170 Å². The van der Waals surface area contributed by atoms with Crippen LogP contribution in [0.15, 0.2) is 29.6 Å². The van der Waals surface area contributed by atoms with Crippen LogP contribution in [0.3, 0.4) is 0 Å². The second-order valence-electron chi connectivity index (χ2n) is 6.51. The molecular formula is C21H27N3O3S. The van der Waals surface area contributed by atoms with Crippen LogP contribution in [-0.4, -0.2) is 48.5 Å². The third-order valence-corrected chi connectivity index (χ3v) is 5.38. The van der Waals surface area contributed by atoms with Crippen molar-refractivity contribution in [2.24, 2.45) is 0 Å². The number of H-pyrrole nitrogens is 1. The van der Waals surface area contributed by atoms with Crippen LogP contribution in [0.25, 0.3) is 12.2 Å². The Morgan fingerprint density at radius 1 is 1.39 bits per heavy atom. The Morgan fingerprint density at radius 3 is 3.04 bits per heavy atom. The lowest BCUT2D eigenvalue weighted by Crippen LogP contribution is -2.04. The van der Waals surface area contributed by atoms with Gasteiger partial charge in [-0.15, -0.1) is 0 Å². The van der Waals surface area contributed by atoms with Gasteiger partial charge < -0.3 is 19.2 Å². The highest BCUT2D eigenvalue weighted by molar-refractivity contribution is 7.98. The highest BCUT2D eigenvalue weighted by Gasteiger charge is 2.13. The van der Waals surface area contributed by atoms with E-state index in [1.54, 1.807) is 31.1 Å². The average molecular weight is 402 g/mol. The summed E-state index contributed by atoms with van der Waals surface area (Å²) in [6.07, 6.45) is 7.52. The number of hydrogen-bond donors (Lipinski definition) is 1. The molecule has 2 aromatic rings. The lowest BCUT2D eigenvalue weighted by atomic mass is 10.2. The number of ether oxygens (including phenoxy) is 3. The van der Waals surface area contributed by atoms with Gasteiger partial charge in [-0.2, -0.15) is 0 Å². The summed E-state index contributed by atoms with van der Waals surface area (Å²) < 4.78 is 16.3. The fraction of sp³-hybridized carbons (Fsp3) is 0.429. The zero-order valence-electron chi connectivity index (χ0n) is 16.5. The Morgan fingerprint density at radius 2 is 2.29 bits per heavy atom. The number of thioether (sulfide) groups is 1. The number of rotatable bonds is 10. The zero-order chi connectivity index (χ0) is 19.8. The van der Waals surface area contributed by atoms with E-state index in [9.17, 15) is 0 Å². The first kappa shape index (κ1) is 20.6. The molecule has 0 unspecified atom stereocenters. The normalized spacial score (nSPS) is 15.3. The van der Waals surface area contributed by atoms with Crippen molar-refractivity contribution in [3.05, 3.63) is 47.1 Å². The van der Waals surface area contributed by atoms with Crippen LogP contribution < -0.4 is 4.74 Å². The summed E-state index contributed by atoms with van der Waals surface area (Å²) in [5, 5.41) is 0.855. The van der Waals surface area contributed by atoms with Gasteiger partial charge in [0, 0.05) is 37.7 Å². The number of hydrogen-bond acceptors (Lipinski definition) is 6. The molecule has 1 saturated heterocycles. The molecule has 1 N–H and O–H groups in total. The van der Waals surface area contributed by atoms with E-state index in [0.29, 0.717) is 25.6 Å². The van der Waals surface area contributed by atoms with E-state index in [-0.39, 0.29) is 0 Å². The van der Waals surface area contributed by atoms with Crippen molar-refractivity contribution in [3.63, 3.8) is 0 Å². The second-order valence-corrected chi connectivity index (χ2v) is 7.48. The Hall–Kier alpha value is -2.09. The lowest BCUT2D eigenvalue weighted by Gasteiger charge is -2.11. The molecule has 0 aliphatic carbocycles. The minimum Gasteiger partial charge on any atom is -0.493 e. The van der Waals surface area contributed by atoms with Gasteiger partial charge in [-0.05, 0) is 37.1 Å². The van der Waals surface area contributed by atoms with Crippen LogP contribution in [0.2, 0.25) is 0 Å². The number of nitrogens with zero attached hydrogens (tertiary/aromatic N) is 2. The quantitative estimate of drug-likeness (QED) is 0.474. The van der Waals surface area contributed by atoms with Gasteiger partial charge in [-0.25, -0.2) is 4.98 Å². The summed E-state index contributed by atoms with van der Waals surface area (Å²) in [5.74, 6) is 1.59. The van der Waals surface area contributed by atoms with Crippen molar-refractivity contribution < 1.29 is 14.2 Å². The second kappa shape index (κ2) is 10.5. The third kappa shape index (κ3) is 5.47. The molecule has 0 aromatic carbocycles. The van der Waals surface area contributed by atoms with Gasteiger partial charge in [0.15, 0.2) is 5.16 Å². The van der Waals surface area contributed by atoms with Crippen molar-refractivity contribution in [3.8, 4) is 5.75 Å². The number of aromatic nitrogens is 3. The van der Waals surface area contributed by atoms with Crippen molar-refractivity contribution >= 4 is 23.9 Å². The van der Waals surface area contributed by atoms with E-state index in [1.165, 1.54) is 5.57 Å². The molecule has 6 nitrogen and oxygen atoms in total. The van der Waals surface area contributed by atoms with Crippen molar-refractivity contribution in [1.82, 2.24) is 15.0 Å². The van der Waals surface area contributed by atoms with E-state index in [4.69, 9.17) is 19.2 Å². The topological polar surface area (TPSA) is 69.3 Å². The van der Waals surface area contributed by atoms with Crippen LogP contribution in [-0.2, 0) is 15.2 Å². The molecule has 0 atom stereocenters. The predicted molar refractivity (Wildman–Crippen MR) is 113 cm³/mol. The van der Waals surface area contributed by atoms with E-state index in [1.807, 2.05) is 13.0 Å². The van der Waals surface area contributed by atoms with Gasteiger partial charge in [0.2, 0.25) is 0 Å². The standard InChI is InChI=1S/C21H27N3O3S/c1-4-17-18(12-16-7-11-26-13-16)24-21(23-17)28-14-19-15(2)20(6-8-22-19)27-10-5-9-25-3/h4,6,8,12H,1,5,7,9-11,13-14H2,2-3H3,(H,23,24)/b16-12-. The highest BCUT2D eigenvalue weighted by atomic mass is 32.2. The largest absolute Gasteiger partial charge is 0.493 e. The molecule has 0 saturated carbocycles. The summed E-state index contributed by atoms with van der Waals surface area (Å²) >= 11 is 1.62. The first-order valence-electron chi connectivity index (χ1n) is 9.40. The summed E-state index contributed by atoms with van der Waals surface area (Å²) in [6, 6.07) is 1.91. The van der Waals surface area contributed by atoms with Crippen LogP contribution in [0, 0.1) is 6.92 Å². The number of imidazole rings is 1. The molecule has 0 radical (unpaired) electrons. The third-order valence-electron chi connectivity index (χ3n) is 4.49. The molecule has 1 fully saturated rings. The average Bonchev–Trinajstić information content (AvgIpc) is 3.35. The fourth-order valence-corrected chi connectivity index (χ4v) is 3.79. The summed E-state index contributed by atoms with van der Waals surface area (Å²) in [7, 11) is 1.70. The van der Waals surface area contributed by atoms with Gasteiger partial charge in [-0.3, -0.25) is 4.98 Å². The molecule has 0 bridgehead atoms. The summed E-state index contributed by atoms with van der Waals surface area (Å²) in [6.45, 7) is 8.73. The van der Waals surface area contributed by atoms with Crippen molar-refractivity contribution in [2.75, 3.05) is 33.5 Å². The Balaban J connectivity index is 1.64. The monoisotopic (exact) mass is 401 g/mol. The summed E-state index contributed by atoms with van der Waals surface area (Å²) in [4.78, 5) is 12.6.